The van der Waals surface area contributed by atoms with Crippen molar-refractivity contribution in [3.63, 3.8) is 0 Å². The van der Waals surface area contributed by atoms with Gasteiger partial charge >= 0.3 is 0 Å². The molecule has 1 aliphatic rings. The molecule has 150 valence electrons. The molecule has 0 unspecified atom stereocenters. The molecule has 0 heterocycles. The van der Waals surface area contributed by atoms with Crippen LogP contribution in [0.25, 0.3) is 0 Å². The van der Waals surface area contributed by atoms with E-state index in [1.54, 1.807) is 43.4 Å². The van der Waals surface area contributed by atoms with E-state index in [1.165, 1.54) is 30.0 Å². The lowest BCUT2D eigenvalue weighted by molar-refractivity contribution is 0.102. The van der Waals surface area contributed by atoms with Crippen molar-refractivity contribution in [1.29, 1.82) is 0 Å². The highest BCUT2D eigenvalue weighted by molar-refractivity contribution is 7.89. The summed E-state index contributed by atoms with van der Waals surface area (Å²) in [5.41, 5.74) is 0.939. The summed E-state index contributed by atoms with van der Waals surface area (Å²) in [7, 11) is -0.382. The van der Waals surface area contributed by atoms with Crippen molar-refractivity contribution >= 4 is 21.6 Å². The lowest BCUT2D eigenvalue weighted by Gasteiger charge is -2.30. The van der Waals surface area contributed by atoms with Gasteiger partial charge in [-0.2, -0.15) is 4.31 Å². The summed E-state index contributed by atoms with van der Waals surface area (Å²) in [6, 6.07) is 13.3. The molecule has 6 nitrogen and oxygen atoms in total. The van der Waals surface area contributed by atoms with E-state index in [2.05, 4.69) is 5.32 Å². The number of nitrogens with one attached hydrogen (secondary N) is 1. The van der Waals surface area contributed by atoms with E-state index in [4.69, 9.17) is 4.74 Å². The van der Waals surface area contributed by atoms with Crippen molar-refractivity contribution in [3.05, 3.63) is 54.1 Å². The number of para-hydroxylation sites is 1. The van der Waals surface area contributed by atoms with Crippen molar-refractivity contribution in [2.24, 2.45) is 0 Å². The molecule has 0 atom stereocenters. The number of benzene rings is 2. The molecule has 1 amide bonds. The van der Waals surface area contributed by atoms with Crippen LogP contribution in [-0.4, -0.2) is 38.8 Å². The maximum absolute atomic E-state index is 12.9. The van der Waals surface area contributed by atoms with Crippen molar-refractivity contribution < 1.29 is 17.9 Å². The molecule has 1 fully saturated rings. The zero-order chi connectivity index (χ0) is 20.1. The van der Waals surface area contributed by atoms with Gasteiger partial charge < -0.3 is 10.1 Å². The summed E-state index contributed by atoms with van der Waals surface area (Å²) in [4.78, 5) is 12.7. The molecule has 7 heteroatoms. The van der Waals surface area contributed by atoms with Crippen LogP contribution in [0.4, 0.5) is 5.69 Å². The van der Waals surface area contributed by atoms with Crippen LogP contribution in [0.15, 0.2) is 53.4 Å². The zero-order valence-corrected chi connectivity index (χ0v) is 17.0. The smallest absolute Gasteiger partial charge is 0.259 e. The first-order valence-electron chi connectivity index (χ1n) is 9.46. The normalized spacial score (nSPS) is 15.4. The number of hydrogen-bond acceptors (Lipinski definition) is 4. The summed E-state index contributed by atoms with van der Waals surface area (Å²) in [5, 5.41) is 2.78. The number of carbonyl (C=O) groups excluding carboxylic acids is 1. The number of hydrogen-bond donors (Lipinski definition) is 1. The number of amides is 1. The third-order valence-corrected chi connectivity index (χ3v) is 7.15. The molecule has 0 aromatic heterocycles. The predicted molar refractivity (Wildman–Crippen MR) is 109 cm³/mol. The number of sulfonamides is 1. The van der Waals surface area contributed by atoms with Crippen LogP contribution in [0.5, 0.6) is 5.75 Å². The van der Waals surface area contributed by atoms with Crippen molar-refractivity contribution in [1.82, 2.24) is 4.31 Å². The maximum Gasteiger partial charge on any atom is 0.259 e. The van der Waals surface area contributed by atoms with Crippen molar-refractivity contribution in [3.8, 4) is 5.75 Å². The molecule has 1 aliphatic carbocycles. The van der Waals surface area contributed by atoms with Crippen molar-refractivity contribution in [2.75, 3.05) is 19.5 Å². The second kappa shape index (κ2) is 8.75. The zero-order valence-electron chi connectivity index (χ0n) is 16.2. The van der Waals surface area contributed by atoms with Gasteiger partial charge in [-0.1, -0.05) is 31.4 Å². The van der Waals surface area contributed by atoms with Crippen LogP contribution in [0, 0.1) is 0 Å². The standard InChI is InChI=1S/C21H26N2O4S/c1-23(17-8-4-3-5-9-17)28(25,26)18-14-12-16(13-15-18)22-21(24)19-10-6-7-11-20(19)27-2/h6-7,10-15,17H,3-5,8-9H2,1-2H3,(H,22,24). The quantitative estimate of drug-likeness (QED) is 0.795. The molecule has 0 bridgehead atoms. The minimum atomic E-state index is -3.55. The molecule has 2 aromatic carbocycles. The first-order valence-corrected chi connectivity index (χ1v) is 10.9. The lowest BCUT2D eigenvalue weighted by atomic mass is 9.96. The average molecular weight is 403 g/mol. The average Bonchev–Trinajstić information content (AvgIpc) is 2.74. The number of carbonyl (C=O) groups is 1. The first-order chi connectivity index (χ1) is 13.4. The Labute approximate surface area is 166 Å². The van der Waals surface area contributed by atoms with Crippen LogP contribution >= 0.6 is 0 Å². The molecule has 0 saturated heterocycles. The van der Waals surface area contributed by atoms with Crippen LogP contribution in [-0.2, 0) is 10.0 Å². The highest BCUT2D eigenvalue weighted by Crippen LogP contribution is 2.27. The van der Waals surface area contributed by atoms with Gasteiger partial charge in [-0.05, 0) is 49.2 Å². The van der Waals surface area contributed by atoms with Gasteiger partial charge in [-0.15, -0.1) is 0 Å². The molecule has 2 aromatic rings. The Bertz CT molecular complexity index is 920. The number of rotatable bonds is 6. The number of anilines is 1. The van der Waals surface area contributed by atoms with Gasteiger partial charge in [0.25, 0.3) is 5.91 Å². The number of nitrogens with zero attached hydrogens (tertiary/aromatic N) is 1. The second-order valence-electron chi connectivity index (χ2n) is 6.99. The monoisotopic (exact) mass is 402 g/mol. The van der Waals surface area contributed by atoms with E-state index in [1.807, 2.05) is 0 Å². The Hall–Kier alpha value is -2.38. The Kier molecular flexibility index (Phi) is 6.36. The molecule has 1 N–H and O–H groups in total. The lowest BCUT2D eigenvalue weighted by Crippen LogP contribution is -2.38. The molecule has 0 aliphatic heterocycles. The minimum absolute atomic E-state index is 0.0590. The van der Waals surface area contributed by atoms with Crippen LogP contribution < -0.4 is 10.1 Å². The molecular formula is C21H26N2O4S. The minimum Gasteiger partial charge on any atom is -0.496 e. The molecular weight excluding hydrogens is 376 g/mol. The van der Waals surface area contributed by atoms with Gasteiger partial charge in [0.1, 0.15) is 5.75 Å². The third-order valence-electron chi connectivity index (χ3n) is 5.23. The van der Waals surface area contributed by atoms with Crippen LogP contribution in [0.2, 0.25) is 0 Å². The first kappa shape index (κ1) is 20.4. The fourth-order valence-corrected chi connectivity index (χ4v) is 4.96. The Balaban J connectivity index is 1.73. The highest BCUT2D eigenvalue weighted by atomic mass is 32.2. The van der Waals surface area contributed by atoms with E-state index >= 15 is 0 Å². The van der Waals surface area contributed by atoms with Gasteiger partial charge in [0, 0.05) is 18.8 Å². The van der Waals surface area contributed by atoms with E-state index in [0.717, 1.165) is 25.7 Å². The van der Waals surface area contributed by atoms with E-state index in [-0.39, 0.29) is 16.8 Å². The highest BCUT2D eigenvalue weighted by Gasteiger charge is 2.29. The third kappa shape index (κ3) is 4.36. The largest absolute Gasteiger partial charge is 0.496 e. The molecule has 0 spiro atoms. The predicted octanol–water partition coefficient (Wildman–Crippen LogP) is 3.90. The topological polar surface area (TPSA) is 75.7 Å². The second-order valence-corrected chi connectivity index (χ2v) is 8.99. The Morgan fingerprint density at radius 3 is 2.32 bits per heavy atom. The molecule has 1 saturated carbocycles. The Morgan fingerprint density at radius 2 is 1.68 bits per heavy atom. The Morgan fingerprint density at radius 1 is 1.04 bits per heavy atom. The van der Waals surface area contributed by atoms with Crippen molar-refractivity contribution in [2.45, 2.75) is 43.0 Å². The van der Waals surface area contributed by atoms with Gasteiger partial charge in [0.15, 0.2) is 0 Å². The van der Waals surface area contributed by atoms with Gasteiger partial charge in [0.05, 0.1) is 17.6 Å². The van der Waals surface area contributed by atoms with Gasteiger partial charge in [-0.25, -0.2) is 8.42 Å². The number of methoxy groups -OCH3 is 1. The molecule has 28 heavy (non-hydrogen) atoms. The van der Waals surface area contributed by atoms with E-state index in [9.17, 15) is 13.2 Å². The number of ether oxygens (including phenoxy) is 1. The summed E-state index contributed by atoms with van der Waals surface area (Å²) >= 11 is 0. The fraction of sp³-hybridized carbons (Fsp3) is 0.381. The molecule has 3 rings (SSSR count). The van der Waals surface area contributed by atoms with Crippen LogP contribution in [0.1, 0.15) is 42.5 Å². The van der Waals surface area contributed by atoms with E-state index in [0.29, 0.717) is 17.0 Å². The van der Waals surface area contributed by atoms with Gasteiger partial charge in [0.2, 0.25) is 10.0 Å². The summed E-state index contributed by atoms with van der Waals surface area (Å²) in [6.45, 7) is 0. The maximum atomic E-state index is 12.9. The summed E-state index contributed by atoms with van der Waals surface area (Å²) < 4.78 is 32.5. The fourth-order valence-electron chi connectivity index (χ4n) is 3.55. The summed E-state index contributed by atoms with van der Waals surface area (Å²) in [6.07, 6.45) is 5.12. The van der Waals surface area contributed by atoms with E-state index < -0.39 is 10.0 Å². The SMILES string of the molecule is COc1ccccc1C(=O)Nc1ccc(S(=O)(=O)N(C)C2CCCCC2)cc1. The van der Waals surface area contributed by atoms with Crippen LogP contribution in [0.3, 0.4) is 0 Å². The van der Waals surface area contributed by atoms with Gasteiger partial charge in [-0.3, -0.25) is 4.79 Å². The summed E-state index contributed by atoms with van der Waals surface area (Å²) in [5.74, 6) is 0.167. The molecule has 0 radical (unpaired) electrons.